The lowest BCUT2D eigenvalue weighted by Crippen LogP contribution is -2.46. The maximum absolute atomic E-state index is 13.0. The summed E-state index contributed by atoms with van der Waals surface area (Å²) in [7, 11) is 1.87. The molecule has 1 aromatic rings. The summed E-state index contributed by atoms with van der Waals surface area (Å²) < 4.78 is 0. The van der Waals surface area contributed by atoms with Crippen LogP contribution in [0.4, 0.5) is 5.82 Å². The second kappa shape index (κ2) is 9.51. The number of hydrogen-bond acceptors (Lipinski definition) is 6. The van der Waals surface area contributed by atoms with Gasteiger partial charge in [0.1, 0.15) is 11.6 Å². The van der Waals surface area contributed by atoms with Crippen LogP contribution in [0.25, 0.3) is 0 Å². The van der Waals surface area contributed by atoms with E-state index in [1.807, 2.05) is 16.8 Å². The third kappa shape index (κ3) is 5.00. The fraction of sp³-hybridized carbons (Fsp3) is 0.739. The Morgan fingerprint density at radius 2 is 1.84 bits per heavy atom. The lowest BCUT2D eigenvalue weighted by atomic mass is 9.95. The van der Waals surface area contributed by atoms with Gasteiger partial charge in [-0.2, -0.15) is 0 Å². The zero-order valence-corrected chi connectivity index (χ0v) is 19.2. The highest BCUT2D eigenvalue weighted by molar-refractivity contribution is 5.78. The summed E-state index contributed by atoms with van der Waals surface area (Å²) in [4.78, 5) is 40.7. The smallest absolute Gasteiger partial charge is 0.236 e. The molecule has 4 rings (SSSR count). The summed E-state index contributed by atoms with van der Waals surface area (Å²) in [6.07, 6.45) is 5.12. The Morgan fingerprint density at radius 1 is 1.06 bits per heavy atom. The van der Waals surface area contributed by atoms with E-state index in [0.29, 0.717) is 26.2 Å². The SMILES string of the molecule is CNc1nc([C@H]2CCCN(C(=O)CN3CCC(C)CC3)C2)nc2c1CN(C(C)=O)CC2. The van der Waals surface area contributed by atoms with Crippen LogP contribution in [0.3, 0.4) is 0 Å². The number of anilines is 1. The summed E-state index contributed by atoms with van der Waals surface area (Å²) in [5.41, 5.74) is 2.06. The van der Waals surface area contributed by atoms with Crippen molar-refractivity contribution < 1.29 is 9.59 Å². The van der Waals surface area contributed by atoms with Crippen LogP contribution < -0.4 is 5.32 Å². The average Bonchev–Trinajstić information content (AvgIpc) is 2.79. The molecule has 3 aliphatic heterocycles. The van der Waals surface area contributed by atoms with Crippen molar-refractivity contribution in [3.63, 3.8) is 0 Å². The molecule has 1 aromatic heterocycles. The van der Waals surface area contributed by atoms with Crippen LogP contribution in [0.1, 0.15) is 62.5 Å². The summed E-state index contributed by atoms with van der Waals surface area (Å²) in [5.74, 6) is 2.92. The van der Waals surface area contributed by atoms with Gasteiger partial charge < -0.3 is 15.1 Å². The van der Waals surface area contributed by atoms with E-state index < -0.39 is 0 Å². The Labute approximate surface area is 185 Å². The zero-order chi connectivity index (χ0) is 22.0. The molecule has 31 heavy (non-hydrogen) atoms. The molecule has 170 valence electrons. The maximum Gasteiger partial charge on any atom is 0.236 e. The van der Waals surface area contributed by atoms with Gasteiger partial charge in [0.25, 0.3) is 0 Å². The number of amides is 2. The van der Waals surface area contributed by atoms with Crippen LogP contribution in [-0.2, 0) is 22.6 Å². The Hall–Kier alpha value is -2.22. The average molecular weight is 429 g/mol. The molecule has 0 bridgehead atoms. The first-order valence-electron chi connectivity index (χ1n) is 11.8. The van der Waals surface area contributed by atoms with Gasteiger partial charge in [0.05, 0.1) is 18.8 Å². The van der Waals surface area contributed by atoms with Crippen molar-refractivity contribution in [3.8, 4) is 0 Å². The number of carbonyl (C=O) groups is 2. The van der Waals surface area contributed by atoms with Gasteiger partial charge in [-0.15, -0.1) is 0 Å². The van der Waals surface area contributed by atoms with Gasteiger partial charge in [-0.1, -0.05) is 6.92 Å². The quantitative estimate of drug-likeness (QED) is 0.788. The van der Waals surface area contributed by atoms with E-state index in [2.05, 4.69) is 17.1 Å². The molecule has 0 aromatic carbocycles. The molecular formula is C23H36N6O2. The third-order valence-electron chi connectivity index (χ3n) is 7.13. The first kappa shape index (κ1) is 22.0. The van der Waals surface area contributed by atoms with Gasteiger partial charge in [0.2, 0.25) is 11.8 Å². The number of aromatic nitrogens is 2. The molecule has 2 amide bonds. The van der Waals surface area contributed by atoms with Gasteiger partial charge in [-0.3, -0.25) is 14.5 Å². The zero-order valence-electron chi connectivity index (χ0n) is 19.2. The minimum absolute atomic E-state index is 0.0846. The van der Waals surface area contributed by atoms with Crippen LogP contribution in [0.5, 0.6) is 0 Å². The number of rotatable bonds is 4. The molecule has 0 spiro atoms. The van der Waals surface area contributed by atoms with E-state index >= 15 is 0 Å². The van der Waals surface area contributed by atoms with Gasteiger partial charge in [-0.25, -0.2) is 9.97 Å². The van der Waals surface area contributed by atoms with E-state index in [4.69, 9.17) is 9.97 Å². The molecule has 0 unspecified atom stereocenters. The Kier molecular flexibility index (Phi) is 6.74. The molecular weight excluding hydrogens is 392 g/mol. The van der Waals surface area contributed by atoms with Crippen LogP contribution in [0.15, 0.2) is 0 Å². The van der Waals surface area contributed by atoms with E-state index in [1.54, 1.807) is 6.92 Å². The number of fused-ring (bicyclic) bond motifs is 1. The van der Waals surface area contributed by atoms with Crippen molar-refractivity contribution in [1.29, 1.82) is 0 Å². The topological polar surface area (TPSA) is 81.7 Å². The van der Waals surface area contributed by atoms with Crippen molar-refractivity contribution in [2.45, 2.75) is 58.4 Å². The molecule has 0 aliphatic carbocycles. The summed E-state index contributed by atoms with van der Waals surface area (Å²) in [5, 5.41) is 3.21. The van der Waals surface area contributed by atoms with Crippen molar-refractivity contribution in [2.24, 2.45) is 5.92 Å². The van der Waals surface area contributed by atoms with Crippen LogP contribution in [0, 0.1) is 5.92 Å². The van der Waals surface area contributed by atoms with Crippen LogP contribution >= 0.6 is 0 Å². The summed E-state index contributed by atoms with van der Waals surface area (Å²) >= 11 is 0. The molecule has 1 N–H and O–H groups in total. The molecule has 0 saturated carbocycles. The minimum Gasteiger partial charge on any atom is -0.373 e. The number of likely N-dealkylation sites (tertiary alicyclic amines) is 2. The van der Waals surface area contributed by atoms with Crippen molar-refractivity contribution in [3.05, 3.63) is 17.1 Å². The molecule has 1 atom stereocenters. The number of nitrogens with one attached hydrogen (secondary N) is 1. The second-order valence-electron chi connectivity index (χ2n) is 9.43. The van der Waals surface area contributed by atoms with Gasteiger partial charge in [0.15, 0.2) is 0 Å². The molecule has 8 heteroatoms. The van der Waals surface area contributed by atoms with Gasteiger partial charge in [0, 0.05) is 51.5 Å². The van der Waals surface area contributed by atoms with E-state index in [9.17, 15) is 9.59 Å². The van der Waals surface area contributed by atoms with E-state index in [-0.39, 0.29) is 17.7 Å². The monoisotopic (exact) mass is 428 g/mol. The second-order valence-corrected chi connectivity index (χ2v) is 9.43. The van der Waals surface area contributed by atoms with Gasteiger partial charge in [-0.05, 0) is 44.7 Å². The number of nitrogens with zero attached hydrogens (tertiary/aromatic N) is 5. The largest absolute Gasteiger partial charge is 0.373 e. The first-order valence-corrected chi connectivity index (χ1v) is 11.8. The number of hydrogen-bond donors (Lipinski definition) is 1. The first-order chi connectivity index (χ1) is 14.9. The Balaban J connectivity index is 1.44. The lowest BCUT2D eigenvalue weighted by Gasteiger charge is -2.36. The summed E-state index contributed by atoms with van der Waals surface area (Å²) in [6, 6.07) is 0. The molecule has 2 fully saturated rings. The lowest BCUT2D eigenvalue weighted by molar-refractivity contribution is -0.134. The van der Waals surface area contributed by atoms with E-state index in [0.717, 1.165) is 67.7 Å². The fourth-order valence-electron chi connectivity index (χ4n) is 5.02. The highest BCUT2D eigenvalue weighted by Gasteiger charge is 2.30. The predicted molar refractivity (Wildman–Crippen MR) is 120 cm³/mol. The Bertz CT molecular complexity index is 803. The summed E-state index contributed by atoms with van der Waals surface area (Å²) in [6.45, 7) is 9.29. The van der Waals surface area contributed by atoms with Gasteiger partial charge >= 0.3 is 0 Å². The predicted octanol–water partition coefficient (Wildman–Crippen LogP) is 1.86. The molecule has 2 saturated heterocycles. The fourth-order valence-corrected chi connectivity index (χ4v) is 5.02. The molecule has 8 nitrogen and oxygen atoms in total. The van der Waals surface area contributed by atoms with Crippen LogP contribution in [0.2, 0.25) is 0 Å². The third-order valence-corrected chi connectivity index (χ3v) is 7.13. The van der Waals surface area contributed by atoms with Crippen LogP contribution in [-0.4, -0.2) is 82.8 Å². The normalized spacial score (nSPS) is 22.9. The standard InChI is InChI=1S/C23H36N6O2/c1-16-6-10-27(11-7-16)15-21(31)29-9-4-5-18(13-29)22-25-20-8-12-28(17(2)30)14-19(20)23(24-3)26-22/h16,18H,4-15H2,1-3H3,(H,24,25,26)/t18-/m0/s1. The van der Waals surface area contributed by atoms with Crippen molar-refractivity contribution in [2.75, 3.05) is 51.6 Å². The van der Waals surface area contributed by atoms with Crippen molar-refractivity contribution >= 4 is 17.6 Å². The molecule has 3 aliphatic rings. The minimum atomic E-state index is 0.0846. The van der Waals surface area contributed by atoms with Crippen molar-refractivity contribution in [1.82, 2.24) is 24.7 Å². The highest BCUT2D eigenvalue weighted by Crippen LogP contribution is 2.30. The Morgan fingerprint density at radius 3 is 2.55 bits per heavy atom. The van der Waals surface area contributed by atoms with E-state index in [1.165, 1.54) is 12.8 Å². The number of piperidine rings is 2. The maximum atomic E-state index is 13.0. The number of carbonyl (C=O) groups excluding carboxylic acids is 2. The molecule has 4 heterocycles. The molecule has 0 radical (unpaired) electrons. The highest BCUT2D eigenvalue weighted by atomic mass is 16.2.